The molecule has 0 heterocycles. The van der Waals surface area contributed by atoms with Crippen molar-refractivity contribution in [3.05, 3.63) is 23.8 Å². The van der Waals surface area contributed by atoms with E-state index < -0.39 is 0 Å². The molecule has 1 aliphatic rings. The molecule has 3 N–H and O–H groups in total. The summed E-state index contributed by atoms with van der Waals surface area (Å²) in [6.07, 6.45) is 2.48. The van der Waals surface area contributed by atoms with Crippen LogP contribution in [0.25, 0.3) is 0 Å². The van der Waals surface area contributed by atoms with E-state index in [0.717, 1.165) is 18.4 Å². The highest BCUT2D eigenvalue weighted by atomic mass is 32.1. The maximum Gasteiger partial charge on any atom is 0.242 e. The summed E-state index contributed by atoms with van der Waals surface area (Å²) in [5, 5.41) is 3.54. The van der Waals surface area contributed by atoms with Crippen molar-refractivity contribution in [2.45, 2.75) is 39.2 Å². The first-order chi connectivity index (χ1) is 11.1. The minimum absolute atomic E-state index is 0.170. The minimum atomic E-state index is -0.170. The van der Waals surface area contributed by atoms with Crippen LogP contribution in [0.4, 0.5) is 0 Å². The molecule has 126 valence electrons. The predicted octanol–water partition coefficient (Wildman–Crippen LogP) is 1.68. The molecular weight excluding hydrogens is 314 g/mol. The molecule has 23 heavy (non-hydrogen) atoms. The van der Waals surface area contributed by atoms with Crippen LogP contribution in [0.2, 0.25) is 0 Å². The van der Waals surface area contributed by atoms with Crippen LogP contribution in [0.5, 0.6) is 11.5 Å². The van der Waals surface area contributed by atoms with Crippen molar-refractivity contribution < 1.29 is 14.3 Å². The van der Waals surface area contributed by atoms with Gasteiger partial charge in [0.15, 0.2) is 16.6 Å². The second-order valence-corrected chi connectivity index (χ2v) is 5.65. The zero-order chi connectivity index (χ0) is 16.7. The third-order valence-electron chi connectivity index (χ3n) is 3.20. The monoisotopic (exact) mass is 337 g/mol. The molecule has 1 aromatic rings. The lowest BCUT2D eigenvalue weighted by molar-refractivity contribution is -0.121. The van der Waals surface area contributed by atoms with Crippen LogP contribution in [0.3, 0.4) is 0 Å². The van der Waals surface area contributed by atoms with E-state index in [1.165, 1.54) is 0 Å². The Kier molecular flexibility index (Phi) is 6.46. The number of carbonyl (C=O) groups excluding carboxylic acids is 1. The van der Waals surface area contributed by atoms with Crippen LogP contribution >= 0.6 is 12.2 Å². The summed E-state index contributed by atoms with van der Waals surface area (Å²) >= 11 is 5.08. The topological polar surface area (TPSA) is 71.6 Å². The fourth-order valence-electron chi connectivity index (χ4n) is 2.01. The molecule has 0 bridgehead atoms. The maximum atomic E-state index is 12.0. The van der Waals surface area contributed by atoms with E-state index in [0.29, 0.717) is 35.9 Å². The van der Waals surface area contributed by atoms with E-state index in [9.17, 15) is 4.79 Å². The highest BCUT2D eigenvalue weighted by Crippen LogP contribution is 2.28. The Labute approximate surface area is 141 Å². The number of hydrogen-bond donors (Lipinski definition) is 3. The summed E-state index contributed by atoms with van der Waals surface area (Å²) < 4.78 is 11.1. The average molecular weight is 337 g/mol. The first-order valence-corrected chi connectivity index (χ1v) is 8.27. The Morgan fingerprint density at radius 3 is 2.52 bits per heavy atom. The van der Waals surface area contributed by atoms with Crippen LogP contribution in [-0.2, 0) is 11.2 Å². The van der Waals surface area contributed by atoms with Crippen LogP contribution in [0.15, 0.2) is 18.2 Å². The highest BCUT2D eigenvalue weighted by Gasteiger charge is 2.21. The van der Waals surface area contributed by atoms with Crippen molar-refractivity contribution in [1.82, 2.24) is 16.2 Å². The normalized spacial score (nSPS) is 13.1. The van der Waals surface area contributed by atoms with Gasteiger partial charge in [-0.2, -0.15) is 0 Å². The molecular formula is C16H23N3O3S. The molecule has 1 amide bonds. The second kappa shape index (κ2) is 8.57. The van der Waals surface area contributed by atoms with Gasteiger partial charge in [0.05, 0.1) is 19.6 Å². The summed E-state index contributed by atoms with van der Waals surface area (Å²) in [7, 11) is 0. The summed E-state index contributed by atoms with van der Waals surface area (Å²) in [5.74, 6) is 1.17. The Hall–Kier alpha value is -2.02. The second-order valence-electron chi connectivity index (χ2n) is 5.24. The van der Waals surface area contributed by atoms with Crippen LogP contribution < -0.4 is 25.6 Å². The van der Waals surface area contributed by atoms with Crippen molar-refractivity contribution in [1.29, 1.82) is 0 Å². The van der Waals surface area contributed by atoms with Crippen molar-refractivity contribution >= 4 is 23.2 Å². The van der Waals surface area contributed by atoms with Gasteiger partial charge in [-0.25, -0.2) is 0 Å². The molecule has 7 heteroatoms. The van der Waals surface area contributed by atoms with E-state index >= 15 is 0 Å². The third kappa shape index (κ3) is 5.94. The number of hydrazine groups is 1. The van der Waals surface area contributed by atoms with Crippen LogP contribution in [0, 0.1) is 0 Å². The Morgan fingerprint density at radius 2 is 1.87 bits per heavy atom. The molecule has 0 aliphatic heterocycles. The SMILES string of the molecule is CCOc1ccc(CC(=O)NNC(=S)NC2CC2)cc1OCC. The van der Waals surface area contributed by atoms with E-state index in [1.54, 1.807) is 0 Å². The van der Waals surface area contributed by atoms with Crippen molar-refractivity contribution in [2.75, 3.05) is 13.2 Å². The van der Waals surface area contributed by atoms with Gasteiger partial charge in [-0.1, -0.05) is 6.07 Å². The van der Waals surface area contributed by atoms with Gasteiger partial charge in [0.25, 0.3) is 0 Å². The molecule has 0 saturated heterocycles. The Balaban J connectivity index is 1.86. The lowest BCUT2D eigenvalue weighted by atomic mass is 10.1. The molecule has 0 radical (unpaired) electrons. The summed E-state index contributed by atoms with van der Waals surface area (Å²) in [4.78, 5) is 12.0. The van der Waals surface area contributed by atoms with E-state index in [2.05, 4.69) is 16.2 Å². The quantitative estimate of drug-likeness (QED) is 0.519. The lowest BCUT2D eigenvalue weighted by Gasteiger charge is -2.13. The molecule has 1 aliphatic carbocycles. The zero-order valence-corrected chi connectivity index (χ0v) is 14.3. The largest absolute Gasteiger partial charge is 0.490 e. The summed E-state index contributed by atoms with van der Waals surface area (Å²) in [6.45, 7) is 4.93. The first kappa shape index (κ1) is 17.3. The van der Waals surface area contributed by atoms with Gasteiger partial charge in [0.1, 0.15) is 0 Å². The number of thiocarbonyl (C=S) groups is 1. The fourth-order valence-corrected chi connectivity index (χ4v) is 2.23. The van der Waals surface area contributed by atoms with E-state index in [-0.39, 0.29) is 12.3 Å². The smallest absolute Gasteiger partial charge is 0.242 e. The number of hydrogen-bond acceptors (Lipinski definition) is 4. The standard InChI is InChI=1S/C16H23N3O3S/c1-3-21-13-8-5-11(9-14(13)22-4-2)10-15(20)18-19-16(23)17-12-6-7-12/h5,8-9,12H,3-4,6-7,10H2,1-2H3,(H,18,20)(H2,17,19,23). The van der Waals surface area contributed by atoms with Gasteiger partial charge in [0.2, 0.25) is 5.91 Å². The molecule has 0 atom stereocenters. The van der Waals surface area contributed by atoms with Crippen molar-refractivity contribution in [2.24, 2.45) is 0 Å². The Morgan fingerprint density at radius 1 is 1.17 bits per heavy atom. The molecule has 2 rings (SSSR count). The van der Waals surface area contributed by atoms with Gasteiger partial charge < -0.3 is 14.8 Å². The predicted molar refractivity (Wildman–Crippen MR) is 92.5 cm³/mol. The molecule has 6 nitrogen and oxygen atoms in total. The van der Waals surface area contributed by atoms with E-state index in [4.69, 9.17) is 21.7 Å². The molecule has 1 aromatic carbocycles. The summed E-state index contributed by atoms with van der Waals surface area (Å²) in [6, 6.07) is 5.96. The van der Waals surface area contributed by atoms with Crippen molar-refractivity contribution in [3.63, 3.8) is 0 Å². The molecule has 0 aromatic heterocycles. The third-order valence-corrected chi connectivity index (χ3v) is 3.42. The molecule has 0 spiro atoms. The minimum Gasteiger partial charge on any atom is -0.490 e. The highest BCUT2D eigenvalue weighted by molar-refractivity contribution is 7.80. The maximum absolute atomic E-state index is 12.0. The van der Waals surface area contributed by atoms with Gasteiger partial charge in [-0.15, -0.1) is 0 Å². The molecule has 1 saturated carbocycles. The van der Waals surface area contributed by atoms with Crippen LogP contribution in [0.1, 0.15) is 32.3 Å². The van der Waals surface area contributed by atoms with Gasteiger partial charge in [0, 0.05) is 6.04 Å². The van der Waals surface area contributed by atoms with Gasteiger partial charge in [-0.05, 0) is 56.6 Å². The number of rotatable bonds is 7. The number of amides is 1. The van der Waals surface area contributed by atoms with E-state index in [1.807, 2.05) is 32.0 Å². The zero-order valence-electron chi connectivity index (χ0n) is 13.5. The lowest BCUT2D eigenvalue weighted by Crippen LogP contribution is -2.47. The fraction of sp³-hybridized carbons (Fsp3) is 0.500. The van der Waals surface area contributed by atoms with Crippen molar-refractivity contribution in [3.8, 4) is 11.5 Å². The number of benzene rings is 1. The number of ether oxygens (including phenoxy) is 2. The first-order valence-electron chi connectivity index (χ1n) is 7.86. The molecule has 0 unspecified atom stereocenters. The Bertz CT molecular complexity index is 562. The molecule has 1 fully saturated rings. The average Bonchev–Trinajstić information content (AvgIpc) is 3.32. The van der Waals surface area contributed by atoms with Gasteiger partial charge >= 0.3 is 0 Å². The number of nitrogens with one attached hydrogen (secondary N) is 3. The summed E-state index contributed by atoms with van der Waals surface area (Å²) in [5.41, 5.74) is 6.15. The van der Waals surface area contributed by atoms with Crippen LogP contribution in [-0.4, -0.2) is 30.3 Å². The number of carbonyl (C=O) groups is 1. The van der Waals surface area contributed by atoms with Gasteiger partial charge in [-0.3, -0.25) is 15.6 Å².